The second-order valence-electron chi connectivity index (χ2n) is 6.79. The summed E-state index contributed by atoms with van der Waals surface area (Å²) in [5, 5.41) is 7.52. The maximum absolute atomic E-state index is 4.45. The van der Waals surface area contributed by atoms with Gasteiger partial charge in [0.25, 0.3) is 0 Å². The zero-order valence-corrected chi connectivity index (χ0v) is 19.7. The summed E-state index contributed by atoms with van der Waals surface area (Å²) >= 11 is 1.88. The number of hydrogen-bond acceptors (Lipinski definition) is 4. The molecule has 0 spiro atoms. The Morgan fingerprint density at radius 2 is 1.89 bits per heavy atom. The van der Waals surface area contributed by atoms with Crippen molar-refractivity contribution in [1.82, 2.24) is 15.6 Å². The second kappa shape index (κ2) is 12.2. The van der Waals surface area contributed by atoms with Crippen molar-refractivity contribution in [3.8, 4) is 0 Å². The van der Waals surface area contributed by atoms with Crippen LogP contribution >= 0.6 is 35.7 Å². The van der Waals surface area contributed by atoms with Gasteiger partial charge in [-0.3, -0.25) is 4.99 Å². The molecule has 2 N–H and O–H groups in total. The van der Waals surface area contributed by atoms with Gasteiger partial charge in [0.05, 0.1) is 0 Å². The minimum Gasteiger partial charge on any atom is -0.356 e. The van der Waals surface area contributed by atoms with Gasteiger partial charge in [-0.05, 0) is 37.1 Å². The molecular weight excluding hydrogens is 481 g/mol. The molecule has 0 saturated carbocycles. The van der Waals surface area contributed by atoms with Crippen molar-refractivity contribution >= 4 is 47.5 Å². The summed E-state index contributed by atoms with van der Waals surface area (Å²) < 4.78 is 0. The van der Waals surface area contributed by atoms with E-state index in [9.17, 15) is 0 Å². The van der Waals surface area contributed by atoms with Crippen LogP contribution in [0, 0.1) is 0 Å². The molecule has 1 saturated heterocycles. The van der Waals surface area contributed by atoms with Crippen LogP contribution in [0.15, 0.2) is 64.6 Å². The molecule has 1 atom stereocenters. The lowest BCUT2D eigenvalue weighted by molar-refractivity contribution is 0.459. The van der Waals surface area contributed by atoms with E-state index in [-0.39, 0.29) is 24.0 Å². The quantitative estimate of drug-likeness (QED) is 0.266. The Bertz CT molecular complexity index is 705. The van der Waals surface area contributed by atoms with Gasteiger partial charge < -0.3 is 15.5 Å². The first-order chi connectivity index (χ1) is 13.2. The normalized spacial score (nSPS) is 16.2. The molecule has 2 heterocycles. The molecule has 1 aliphatic heterocycles. The van der Waals surface area contributed by atoms with Crippen LogP contribution in [0.4, 0.5) is 5.82 Å². The number of piperidine rings is 1. The molecule has 7 heteroatoms. The van der Waals surface area contributed by atoms with Gasteiger partial charge in [0, 0.05) is 49.1 Å². The van der Waals surface area contributed by atoms with Crippen molar-refractivity contribution < 1.29 is 0 Å². The monoisotopic (exact) mass is 511 g/mol. The van der Waals surface area contributed by atoms with E-state index >= 15 is 0 Å². The number of aliphatic imine (C=N–C) groups is 1. The molecule has 1 aromatic carbocycles. The summed E-state index contributed by atoms with van der Waals surface area (Å²) in [7, 11) is 1.84. The topological polar surface area (TPSA) is 52.6 Å². The summed E-state index contributed by atoms with van der Waals surface area (Å²) in [6, 6.07) is 17.1. The number of nitrogens with one attached hydrogen (secondary N) is 2. The van der Waals surface area contributed by atoms with Crippen molar-refractivity contribution in [3.63, 3.8) is 0 Å². The van der Waals surface area contributed by atoms with Crippen molar-refractivity contribution in [2.75, 3.05) is 31.6 Å². The number of nitrogens with zero attached hydrogens (tertiary/aromatic N) is 3. The predicted octanol–water partition coefficient (Wildman–Crippen LogP) is 4.01. The van der Waals surface area contributed by atoms with E-state index in [4.69, 9.17) is 0 Å². The van der Waals surface area contributed by atoms with E-state index in [0.717, 1.165) is 44.3 Å². The molecule has 0 amide bonds. The van der Waals surface area contributed by atoms with Crippen LogP contribution in [0.2, 0.25) is 0 Å². The van der Waals surface area contributed by atoms with Gasteiger partial charge in [-0.2, -0.15) is 0 Å². The van der Waals surface area contributed by atoms with Crippen LogP contribution in [0.5, 0.6) is 0 Å². The predicted molar refractivity (Wildman–Crippen MR) is 131 cm³/mol. The lowest BCUT2D eigenvalue weighted by Crippen LogP contribution is -2.49. The van der Waals surface area contributed by atoms with Crippen LogP contribution in [-0.4, -0.2) is 48.9 Å². The van der Waals surface area contributed by atoms with Crippen LogP contribution in [-0.2, 0) is 0 Å². The zero-order chi connectivity index (χ0) is 18.9. The first-order valence-electron chi connectivity index (χ1n) is 9.59. The van der Waals surface area contributed by atoms with Crippen molar-refractivity contribution in [3.05, 3.63) is 54.7 Å². The van der Waals surface area contributed by atoms with Crippen LogP contribution in [0.3, 0.4) is 0 Å². The van der Waals surface area contributed by atoms with Crippen LogP contribution < -0.4 is 15.5 Å². The third-order valence-corrected chi connectivity index (χ3v) is 5.78. The fourth-order valence-electron chi connectivity index (χ4n) is 3.20. The molecule has 3 rings (SSSR count). The van der Waals surface area contributed by atoms with Crippen molar-refractivity contribution in [2.24, 2.45) is 4.99 Å². The summed E-state index contributed by atoms with van der Waals surface area (Å²) in [5.41, 5.74) is 0. The Kier molecular flexibility index (Phi) is 9.91. The molecule has 1 aliphatic rings. The molecular formula is C21H30IN5S. The maximum atomic E-state index is 4.45. The minimum atomic E-state index is 0. The van der Waals surface area contributed by atoms with E-state index < -0.39 is 0 Å². The van der Waals surface area contributed by atoms with Gasteiger partial charge in [-0.1, -0.05) is 31.2 Å². The van der Waals surface area contributed by atoms with E-state index in [1.54, 1.807) is 0 Å². The first kappa shape index (κ1) is 22.8. The molecule has 0 radical (unpaired) electrons. The number of rotatable bonds is 6. The van der Waals surface area contributed by atoms with Gasteiger partial charge in [-0.25, -0.2) is 4.98 Å². The Hall–Kier alpha value is -1.48. The van der Waals surface area contributed by atoms with Gasteiger partial charge >= 0.3 is 0 Å². The number of pyridine rings is 1. The Labute approximate surface area is 189 Å². The Balaban J connectivity index is 0.00000280. The third kappa shape index (κ3) is 7.16. The lowest BCUT2D eigenvalue weighted by atomic mass is 10.1. The second-order valence-corrected chi connectivity index (χ2v) is 8.30. The van der Waals surface area contributed by atoms with E-state index in [2.05, 4.69) is 68.8 Å². The Morgan fingerprint density at radius 3 is 2.54 bits per heavy atom. The van der Waals surface area contributed by atoms with Crippen molar-refractivity contribution in [1.29, 1.82) is 0 Å². The van der Waals surface area contributed by atoms with E-state index in [0.29, 0.717) is 11.3 Å². The lowest BCUT2D eigenvalue weighted by Gasteiger charge is -2.33. The number of hydrogen-bond donors (Lipinski definition) is 2. The number of benzene rings is 1. The molecule has 28 heavy (non-hydrogen) atoms. The average Bonchev–Trinajstić information content (AvgIpc) is 2.73. The molecule has 0 bridgehead atoms. The number of thioether (sulfide) groups is 1. The molecule has 152 valence electrons. The fraction of sp³-hybridized carbons (Fsp3) is 0.429. The molecule has 1 unspecified atom stereocenters. The minimum absolute atomic E-state index is 0. The van der Waals surface area contributed by atoms with Crippen molar-refractivity contribution in [2.45, 2.75) is 36.0 Å². The summed E-state index contributed by atoms with van der Waals surface area (Å²) in [6.07, 6.45) is 4.04. The molecule has 2 aromatic rings. The molecule has 0 aliphatic carbocycles. The summed E-state index contributed by atoms with van der Waals surface area (Å²) in [6.45, 7) is 5.16. The summed E-state index contributed by atoms with van der Waals surface area (Å²) in [4.78, 5) is 12.5. The highest BCUT2D eigenvalue weighted by molar-refractivity contribution is 14.0. The standard InChI is InChI=1S/C21H29N5S.HI/c1-17(27-19-8-4-3-5-9-19)16-24-21(22-2)25-18-11-14-26(15-12-18)20-10-6-7-13-23-20;/h3-10,13,17-18H,11-12,14-16H2,1-2H3,(H2,22,24,25);1H. The fourth-order valence-corrected chi connectivity index (χ4v) is 4.14. The highest BCUT2D eigenvalue weighted by atomic mass is 127. The maximum Gasteiger partial charge on any atom is 0.191 e. The van der Waals surface area contributed by atoms with Crippen LogP contribution in [0.1, 0.15) is 19.8 Å². The average molecular weight is 511 g/mol. The van der Waals surface area contributed by atoms with Gasteiger partial charge in [0.15, 0.2) is 5.96 Å². The largest absolute Gasteiger partial charge is 0.356 e. The van der Waals surface area contributed by atoms with Gasteiger partial charge in [-0.15, -0.1) is 35.7 Å². The molecule has 5 nitrogen and oxygen atoms in total. The highest BCUT2D eigenvalue weighted by Crippen LogP contribution is 2.22. The number of anilines is 1. The summed E-state index contributed by atoms with van der Waals surface area (Å²) in [5.74, 6) is 1.97. The number of guanidine groups is 1. The van der Waals surface area contributed by atoms with E-state index in [1.807, 2.05) is 37.1 Å². The Morgan fingerprint density at radius 1 is 1.18 bits per heavy atom. The number of aromatic nitrogens is 1. The van der Waals surface area contributed by atoms with Crippen LogP contribution in [0.25, 0.3) is 0 Å². The van der Waals surface area contributed by atoms with Gasteiger partial charge in [0.1, 0.15) is 5.82 Å². The zero-order valence-electron chi connectivity index (χ0n) is 16.5. The highest BCUT2D eigenvalue weighted by Gasteiger charge is 2.20. The third-order valence-electron chi connectivity index (χ3n) is 4.67. The number of halogens is 1. The first-order valence-corrected chi connectivity index (χ1v) is 10.5. The molecule has 1 fully saturated rings. The molecule has 1 aromatic heterocycles. The van der Waals surface area contributed by atoms with Gasteiger partial charge in [0.2, 0.25) is 0 Å². The SMILES string of the molecule is CN=C(NCC(C)Sc1ccccc1)NC1CCN(c2ccccn2)CC1.I. The smallest absolute Gasteiger partial charge is 0.191 e. The van der Waals surface area contributed by atoms with E-state index in [1.165, 1.54) is 4.90 Å².